The van der Waals surface area contributed by atoms with Gasteiger partial charge in [-0.2, -0.15) is 0 Å². The summed E-state index contributed by atoms with van der Waals surface area (Å²) in [5, 5.41) is 0.269. The van der Waals surface area contributed by atoms with Crippen LogP contribution in [-0.2, 0) is 14.3 Å². The van der Waals surface area contributed by atoms with Crippen LogP contribution in [0, 0.1) is 0 Å². The number of hydrogen-bond acceptors (Lipinski definition) is 7. The number of benzene rings is 2. The lowest BCUT2D eigenvalue weighted by Crippen LogP contribution is -2.42. The number of halogens is 2. The molecule has 1 unspecified atom stereocenters. The molecule has 2 heterocycles. The molecule has 0 saturated heterocycles. The van der Waals surface area contributed by atoms with E-state index >= 15 is 0 Å². The van der Waals surface area contributed by atoms with Gasteiger partial charge < -0.3 is 15.2 Å². The molecule has 0 saturated carbocycles. The molecule has 0 bridgehead atoms. The summed E-state index contributed by atoms with van der Waals surface area (Å²) in [5.74, 6) is -1.95. The van der Waals surface area contributed by atoms with Crippen molar-refractivity contribution in [3.05, 3.63) is 86.0 Å². The standard InChI is InChI=1S/C27H24Cl2N2O5S/c1-3-4-13-36-26(33)22-20(30)17(14-15-9-5-7-11-18(15)28)21-24(27(34)35-2)37-23(25(32)31(21)22)16-10-6-8-12-19(16)29/h5-12,14,23H,3-4,13,30H2,1-2H3/b17-14+. The number of rotatable bonds is 7. The molecule has 1 atom stereocenters. The quantitative estimate of drug-likeness (QED) is 0.334. The summed E-state index contributed by atoms with van der Waals surface area (Å²) in [6, 6.07) is 13.8. The first-order chi connectivity index (χ1) is 17.8. The molecule has 3 aromatic rings. The largest absolute Gasteiger partial charge is 0.465 e. The second-order valence-corrected chi connectivity index (χ2v) is 10.1. The highest BCUT2D eigenvalue weighted by atomic mass is 35.5. The van der Waals surface area contributed by atoms with Crippen molar-refractivity contribution < 1.29 is 23.9 Å². The zero-order chi connectivity index (χ0) is 26.7. The van der Waals surface area contributed by atoms with Gasteiger partial charge in [0.1, 0.15) is 10.2 Å². The van der Waals surface area contributed by atoms with E-state index in [1.165, 1.54) is 7.11 Å². The third kappa shape index (κ3) is 5.14. The number of carbonyl (C=O) groups is 3. The van der Waals surface area contributed by atoms with Gasteiger partial charge in [0.05, 0.1) is 24.8 Å². The maximum Gasteiger partial charge on any atom is 0.357 e. The highest BCUT2D eigenvalue weighted by molar-refractivity contribution is 8.10. The van der Waals surface area contributed by atoms with E-state index in [2.05, 4.69) is 0 Å². The van der Waals surface area contributed by atoms with Crippen molar-refractivity contribution in [3.8, 4) is 0 Å². The first-order valence-electron chi connectivity index (χ1n) is 11.5. The summed E-state index contributed by atoms with van der Waals surface area (Å²) in [6.45, 7) is 2.12. The van der Waals surface area contributed by atoms with Crippen LogP contribution in [0.4, 0.5) is 5.69 Å². The molecule has 2 aromatic carbocycles. The van der Waals surface area contributed by atoms with Gasteiger partial charge in [-0.3, -0.25) is 9.36 Å². The third-order valence-corrected chi connectivity index (χ3v) is 7.81. The fraction of sp³-hybridized carbons (Fsp3) is 0.222. The second-order valence-electron chi connectivity index (χ2n) is 8.19. The summed E-state index contributed by atoms with van der Waals surface area (Å²) in [7, 11) is 1.24. The van der Waals surface area contributed by atoms with Crippen LogP contribution < -0.4 is 16.3 Å². The number of unbranched alkanes of at least 4 members (excludes halogenated alkanes) is 1. The maximum absolute atomic E-state index is 14.0. The number of anilines is 1. The Bertz CT molecular complexity index is 1520. The fourth-order valence-electron chi connectivity index (χ4n) is 3.99. The van der Waals surface area contributed by atoms with Gasteiger partial charge in [-0.25, -0.2) is 9.59 Å². The van der Waals surface area contributed by atoms with Crippen LogP contribution in [0.25, 0.3) is 11.0 Å². The Kier molecular flexibility index (Phi) is 8.32. The van der Waals surface area contributed by atoms with Crippen molar-refractivity contribution in [3.63, 3.8) is 0 Å². The molecular formula is C27H24Cl2N2O5S. The molecule has 0 aliphatic carbocycles. The Morgan fingerprint density at radius 2 is 1.76 bits per heavy atom. The zero-order valence-corrected chi connectivity index (χ0v) is 22.5. The molecule has 37 heavy (non-hydrogen) atoms. The van der Waals surface area contributed by atoms with Crippen molar-refractivity contribution in [1.82, 2.24) is 4.57 Å². The van der Waals surface area contributed by atoms with E-state index in [4.69, 9.17) is 38.4 Å². The molecule has 4 rings (SSSR count). The van der Waals surface area contributed by atoms with Gasteiger partial charge in [0.25, 0.3) is 0 Å². The van der Waals surface area contributed by atoms with Gasteiger partial charge in [-0.15, -0.1) is 0 Å². The minimum absolute atomic E-state index is 0.00780. The van der Waals surface area contributed by atoms with Gasteiger partial charge in [0, 0.05) is 15.3 Å². The Morgan fingerprint density at radius 3 is 2.41 bits per heavy atom. The molecule has 0 spiro atoms. The molecule has 10 heteroatoms. The molecule has 1 aromatic heterocycles. The normalized spacial score (nSPS) is 15.5. The molecule has 0 radical (unpaired) electrons. The summed E-state index contributed by atoms with van der Waals surface area (Å²) >= 11 is 13.8. The lowest BCUT2D eigenvalue weighted by atomic mass is 10.1. The highest BCUT2D eigenvalue weighted by Crippen LogP contribution is 2.42. The number of carbonyl (C=O) groups excluding carboxylic acids is 3. The number of nitrogens with two attached hydrogens (primary N) is 1. The van der Waals surface area contributed by atoms with Gasteiger partial charge in [-0.1, -0.05) is 84.7 Å². The summed E-state index contributed by atoms with van der Waals surface area (Å²) < 4.78 is 11.7. The van der Waals surface area contributed by atoms with E-state index in [9.17, 15) is 14.4 Å². The minimum atomic E-state index is -0.933. The second kappa shape index (κ2) is 11.5. The number of thioether (sulfide) groups is 1. The van der Waals surface area contributed by atoms with Crippen LogP contribution in [-0.4, -0.2) is 36.1 Å². The molecule has 192 valence electrons. The van der Waals surface area contributed by atoms with Crippen molar-refractivity contribution in [2.24, 2.45) is 0 Å². The van der Waals surface area contributed by atoms with Gasteiger partial charge in [0.2, 0.25) is 5.91 Å². The summed E-state index contributed by atoms with van der Waals surface area (Å²) in [6.07, 6.45) is 3.09. The zero-order valence-electron chi connectivity index (χ0n) is 20.1. The monoisotopic (exact) mass is 558 g/mol. The van der Waals surface area contributed by atoms with E-state index in [0.29, 0.717) is 27.6 Å². The van der Waals surface area contributed by atoms with Crippen LogP contribution in [0.1, 0.15) is 51.4 Å². The number of esters is 2. The number of nitrogens with zero attached hydrogens (tertiary/aromatic N) is 1. The average molecular weight is 559 g/mol. The topological polar surface area (TPSA) is 101 Å². The molecule has 7 nitrogen and oxygen atoms in total. The third-order valence-electron chi connectivity index (χ3n) is 5.83. The Morgan fingerprint density at radius 1 is 1.08 bits per heavy atom. The van der Waals surface area contributed by atoms with E-state index in [1.807, 2.05) is 6.92 Å². The first kappa shape index (κ1) is 26.9. The van der Waals surface area contributed by atoms with Crippen LogP contribution in [0.15, 0.2) is 48.5 Å². The predicted molar refractivity (Wildman–Crippen MR) is 146 cm³/mol. The Hall–Kier alpha value is -3.20. The molecule has 1 aliphatic rings. The predicted octanol–water partition coefficient (Wildman–Crippen LogP) is 4.57. The lowest BCUT2D eigenvalue weighted by Gasteiger charge is -2.24. The number of fused-ring (bicyclic) bond motifs is 1. The smallest absolute Gasteiger partial charge is 0.357 e. The van der Waals surface area contributed by atoms with Crippen LogP contribution in [0.5, 0.6) is 0 Å². The van der Waals surface area contributed by atoms with E-state index in [0.717, 1.165) is 22.7 Å². The van der Waals surface area contributed by atoms with Crippen molar-refractivity contribution in [2.75, 3.05) is 19.5 Å². The van der Waals surface area contributed by atoms with Gasteiger partial charge in [-0.05, 0) is 35.8 Å². The highest BCUT2D eigenvalue weighted by Gasteiger charge is 2.39. The molecule has 0 amide bonds. The number of methoxy groups -OCH3 is 1. The van der Waals surface area contributed by atoms with Gasteiger partial charge in [0.15, 0.2) is 5.69 Å². The average Bonchev–Trinajstić information content (AvgIpc) is 3.18. The number of nitrogen functional groups attached to an aromatic ring is 1. The molecular weight excluding hydrogens is 535 g/mol. The molecule has 0 fully saturated rings. The summed E-state index contributed by atoms with van der Waals surface area (Å²) in [4.78, 5) is 40.4. The Balaban J connectivity index is 2.08. The Labute approximate surface area is 227 Å². The van der Waals surface area contributed by atoms with Gasteiger partial charge >= 0.3 is 11.9 Å². The number of ether oxygens (including phenoxy) is 2. The van der Waals surface area contributed by atoms with Crippen molar-refractivity contribution >= 4 is 69.5 Å². The van der Waals surface area contributed by atoms with Crippen LogP contribution in [0.2, 0.25) is 10.0 Å². The molecule has 1 aliphatic heterocycles. The fourth-order valence-corrected chi connectivity index (χ4v) is 5.75. The first-order valence-corrected chi connectivity index (χ1v) is 13.1. The van der Waals surface area contributed by atoms with Crippen molar-refractivity contribution in [1.29, 1.82) is 0 Å². The van der Waals surface area contributed by atoms with Crippen LogP contribution in [0.3, 0.4) is 0 Å². The summed E-state index contributed by atoms with van der Waals surface area (Å²) in [5.41, 5.74) is 7.43. The number of aromatic nitrogens is 1. The minimum Gasteiger partial charge on any atom is -0.465 e. The SMILES string of the molecule is CCCCOC(=O)c1c(N)/c(=C\c2ccccc2Cl)c2n1C(=O)C(c1ccccc1Cl)SC=2C(=O)OC. The lowest BCUT2D eigenvalue weighted by molar-refractivity contribution is -0.133. The van der Waals surface area contributed by atoms with E-state index in [1.54, 1.807) is 54.6 Å². The van der Waals surface area contributed by atoms with E-state index in [-0.39, 0.29) is 33.5 Å². The maximum atomic E-state index is 14.0. The van der Waals surface area contributed by atoms with E-state index < -0.39 is 23.1 Å². The van der Waals surface area contributed by atoms with Crippen molar-refractivity contribution in [2.45, 2.75) is 25.0 Å². The van der Waals surface area contributed by atoms with Crippen LogP contribution >= 0.6 is 35.0 Å². The number of hydrogen-bond donors (Lipinski definition) is 1. The molecule has 2 N–H and O–H groups in total.